The fourth-order valence-electron chi connectivity index (χ4n) is 5.06. The van der Waals surface area contributed by atoms with E-state index in [2.05, 4.69) is 13.0 Å². The number of hydrogen-bond donors (Lipinski definition) is 1. The van der Waals surface area contributed by atoms with Gasteiger partial charge in [-0.25, -0.2) is 4.79 Å². The average molecular weight is 543 g/mol. The van der Waals surface area contributed by atoms with Gasteiger partial charge in [-0.3, -0.25) is 0 Å². The van der Waals surface area contributed by atoms with Gasteiger partial charge >= 0.3 is 5.97 Å². The molecule has 5 aromatic rings. The van der Waals surface area contributed by atoms with Gasteiger partial charge in [0.1, 0.15) is 40.2 Å². The number of nitrogens with two attached hydrogens (primary N) is 1. The van der Waals surface area contributed by atoms with Crippen molar-refractivity contribution in [1.29, 1.82) is 5.26 Å². The van der Waals surface area contributed by atoms with Crippen molar-refractivity contribution >= 4 is 16.9 Å². The molecule has 1 unspecified atom stereocenters. The molecular formula is C34H26N2O5. The second kappa shape index (κ2) is 10.6. The number of allylic oxidation sites excluding steroid dienone is 1. The van der Waals surface area contributed by atoms with E-state index in [1.54, 1.807) is 18.2 Å². The molecule has 0 spiro atoms. The number of fused-ring (bicyclic) bond motifs is 2. The van der Waals surface area contributed by atoms with Crippen molar-refractivity contribution in [2.24, 2.45) is 5.73 Å². The van der Waals surface area contributed by atoms with Crippen molar-refractivity contribution in [3.8, 4) is 29.1 Å². The van der Waals surface area contributed by atoms with Gasteiger partial charge in [-0.05, 0) is 66.9 Å². The van der Waals surface area contributed by atoms with Crippen LogP contribution in [0, 0.1) is 18.3 Å². The van der Waals surface area contributed by atoms with Crippen LogP contribution < -0.4 is 19.9 Å². The van der Waals surface area contributed by atoms with Gasteiger partial charge in [0.2, 0.25) is 11.6 Å². The second-order valence-electron chi connectivity index (χ2n) is 9.74. The van der Waals surface area contributed by atoms with Gasteiger partial charge in [0.15, 0.2) is 0 Å². The number of carbonyl (C=O) groups excluding carboxylic acids is 1. The standard InChI is InChI=1S/C34H26N2O5/c1-3-21-12-15-29-27(16-21)20(2)32(40-29)34(37)39-25-13-14-26-30(18-25)41-33(36)28(19-35)31(26)22-8-7-11-24(17-22)38-23-9-5-4-6-10-23/h4-18,31H,3,36H2,1-2H3. The van der Waals surface area contributed by atoms with Gasteiger partial charge in [-0.2, -0.15) is 5.26 Å². The van der Waals surface area contributed by atoms with E-state index in [1.165, 1.54) is 0 Å². The molecule has 0 saturated carbocycles. The Morgan fingerprint density at radius 3 is 2.54 bits per heavy atom. The van der Waals surface area contributed by atoms with Gasteiger partial charge in [0.05, 0.1) is 5.92 Å². The normalized spacial score (nSPS) is 14.2. The van der Waals surface area contributed by atoms with E-state index in [-0.39, 0.29) is 23.0 Å². The highest BCUT2D eigenvalue weighted by Gasteiger charge is 2.31. The van der Waals surface area contributed by atoms with Gasteiger partial charge in [0, 0.05) is 22.6 Å². The van der Waals surface area contributed by atoms with Gasteiger partial charge in [-0.1, -0.05) is 49.4 Å². The van der Waals surface area contributed by atoms with Crippen molar-refractivity contribution in [1.82, 2.24) is 0 Å². The summed E-state index contributed by atoms with van der Waals surface area (Å²) in [6.45, 7) is 3.91. The minimum Gasteiger partial charge on any atom is -0.457 e. The molecule has 0 bridgehead atoms. The largest absolute Gasteiger partial charge is 0.457 e. The lowest BCUT2D eigenvalue weighted by Crippen LogP contribution is -2.21. The zero-order valence-corrected chi connectivity index (χ0v) is 22.5. The first-order valence-corrected chi connectivity index (χ1v) is 13.2. The maximum absolute atomic E-state index is 13.1. The maximum atomic E-state index is 13.1. The van der Waals surface area contributed by atoms with Crippen LogP contribution in [0.1, 0.15) is 45.7 Å². The third kappa shape index (κ3) is 4.88. The molecule has 202 valence electrons. The Kier molecular flexibility index (Phi) is 6.66. The Balaban J connectivity index is 1.31. The smallest absolute Gasteiger partial charge is 0.379 e. The van der Waals surface area contributed by atoms with Gasteiger partial charge in [0.25, 0.3) is 0 Å². The van der Waals surface area contributed by atoms with Crippen molar-refractivity contribution in [3.05, 3.63) is 130 Å². The Hall–Kier alpha value is -5.48. The highest BCUT2D eigenvalue weighted by atomic mass is 16.5. The number of carbonyl (C=O) groups is 1. The molecule has 0 radical (unpaired) electrons. The number of aryl methyl sites for hydroxylation is 2. The number of nitriles is 1. The highest BCUT2D eigenvalue weighted by Crippen LogP contribution is 2.44. The molecular weight excluding hydrogens is 516 g/mol. The molecule has 7 heteroatoms. The van der Waals surface area contributed by atoms with E-state index >= 15 is 0 Å². The van der Waals surface area contributed by atoms with Crippen LogP contribution in [0.5, 0.6) is 23.0 Å². The number of ether oxygens (including phenoxy) is 3. The summed E-state index contributed by atoms with van der Waals surface area (Å²) in [7, 11) is 0. The molecule has 1 atom stereocenters. The van der Waals surface area contributed by atoms with Crippen LogP contribution in [-0.2, 0) is 6.42 Å². The molecule has 2 N–H and O–H groups in total. The minimum absolute atomic E-state index is 0.0114. The molecule has 4 aromatic carbocycles. The van der Waals surface area contributed by atoms with Crippen LogP contribution in [0.2, 0.25) is 0 Å². The zero-order chi connectivity index (χ0) is 28.5. The van der Waals surface area contributed by atoms with E-state index in [0.717, 1.165) is 28.5 Å². The zero-order valence-electron chi connectivity index (χ0n) is 22.5. The average Bonchev–Trinajstić information content (AvgIpc) is 3.32. The van der Waals surface area contributed by atoms with Crippen molar-refractivity contribution in [2.75, 3.05) is 0 Å². The Morgan fingerprint density at radius 1 is 0.951 bits per heavy atom. The van der Waals surface area contributed by atoms with Crippen molar-refractivity contribution in [3.63, 3.8) is 0 Å². The summed E-state index contributed by atoms with van der Waals surface area (Å²) in [6, 6.07) is 30.1. The molecule has 0 fully saturated rings. The molecule has 7 nitrogen and oxygen atoms in total. The molecule has 0 amide bonds. The quantitative estimate of drug-likeness (QED) is 0.174. The molecule has 41 heavy (non-hydrogen) atoms. The van der Waals surface area contributed by atoms with Crippen LogP contribution in [0.4, 0.5) is 0 Å². The first-order valence-electron chi connectivity index (χ1n) is 13.2. The monoisotopic (exact) mass is 542 g/mol. The van der Waals surface area contributed by atoms with Crippen LogP contribution in [0.3, 0.4) is 0 Å². The number of furan rings is 1. The topological polar surface area (TPSA) is 108 Å². The van der Waals surface area contributed by atoms with Crippen LogP contribution >= 0.6 is 0 Å². The SMILES string of the molecule is CCc1ccc2oc(C(=O)Oc3ccc4c(c3)OC(N)=C(C#N)C4c3cccc(Oc4ccccc4)c3)c(C)c2c1. The summed E-state index contributed by atoms with van der Waals surface area (Å²) in [5.74, 6) is 0.985. The van der Waals surface area contributed by atoms with Gasteiger partial charge < -0.3 is 24.4 Å². The molecule has 6 rings (SSSR count). The molecule has 0 aliphatic carbocycles. The van der Waals surface area contributed by atoms with Crippen molar-refractivity contribution in [2.45, 2.75) is 26.2 Å². The summed E-state index contributed by atoms with van der Waals surface area (Å²) >= 11 is 0. The lowest BCUT2D eigenvalue weighted by atomic mass is 9.83. The summed E-state index contributed by atoms with van der Waals surface area (Å²) in [4.78, 5) is 13.1. The van der Waals surface area contributed by atoms with Crippen LogP contribution in [0.25, 0.3) is 11.0 Å². The van der Waals surface area contributed by atoms with Crippen LogP contribution in [0.15, 0.2) is 107 Å². The molecule has 0 saturated heterocycles. The summed E-state index contributed by atoms with van der Waals surface area (Å²) in [6.07, 6.45) is 0.881. The first kappa shape index (κ1) is 25.8. The van der Waals surface area contributed by atoms with E-state index in [9.17, 15) is 10.1 Å². The third-order valence-corrected chi connectivity index (χ3v) is 7.17. The maximum Gasteiger partial charge on any atom is 0.379 e. The fraction of sp³-hybridized carbons (Fsp3) is 0.118. The summed E-state index contributed by atoms with van der Waals surface area (Å²) in [5, 5.41) is 10.8. The number of para-hydroxylation sites is 1. The van der Waals surface area contributed by atoms with E-state index < -0.39 is 11.9 Å². The number of nitrogens with zero attached hydrogens (tertiary/aromatic N) is 1. The molecule has 1 aromatic heterocycles. The molecule has 1 aliphatic rings. The van der Waals surface area contributed by atoms with E-state index in [0.29, 0.717) is 28.4 Å². The van der Waals surface area contributed by atoms with E-state index in [4.69, 9.17) is 24.4 Å². The summed E-state index contributed by atoms with van der Waals surface area (Å²) < 4.78 is 23.4. The Labute approximate surface area is 237 Å². The lowest BCUT2D eigenvalue weighted by Gasteiger charge is -2.27. The Morgan fingerprint density at radius 2 is 1.76 bits per heavy atom. The highest BCUT2D eigenvalue weighted by molar-refractivity contribution is 5.97. The minimum atomic E-state index is -0.615. The first-order chi connectivity index (χ1) is 19.9. The number of rotatable bonds is 6. The van der Waals surface area contributed by atoms with Crippen molar-refractivity contribution < 1.29 is 23.4 Å². The summed E-state index contributed by atoms with van der Waals surface area (Å²) in [5.41, 5.74) is 10.5. The third-order valence-electron chi connectivity index (χ3n) is 7.17. The number of esters is 1. The predicted octanol–water partition coefficient (Wildman–Crippen LogP) is 7.53. The lowest BCUT2D eigenvalue weighted by molar-refractivity contribution is 0.0702. The number of hydrogen-bond acceptors (Lipinski definition) is 7. The fourth-order valence-corrected chi connectivity index (χ4v) is 5.06. The van der Waals surface area contributed by atoms with Gasteiger partial charge in [-0.15, -0.1) is 0 Å². The second-order valence-corrected chi connectivity index (χ2v) is 9.74. The van der Waals surface area contributed by atoms with Crippen LogP contribution in [-0.4, -0.2) is 5.97 Å². The number of benzene rings is 4. The predicted molar refractivity (Wildman–Crippen MR) is 154 cm³/mol. The molecule has 2 heterocycles. The van der Waals surface area contributed by atoms with E-state index in [1.807, 2.05) is 79.7 Å². The Bertz CT molecular complexity index is 1860. The molecule has 1 aliphatic heterocycles.